The van der Waals surface area contributed by atoms with Gasteiger partial charge in [0.05, 0.1) is 6.42 Å². The normalized spacial score (nSPS) is 29.0. The van der Waals surface area contributed by atoms with Crippen LogP contribution in [0.3, 0.4) is 0 Å². The Bertz CT molecular complexity index is 304. The average Bonchev–Trinajstić information content (AvgIpc) is 2.37. The fourth-order valence-electron chi connectivity index (χ4n) is 2.40. The summed E-state index contributed by atoms with van der Waals surface area (Å²) >= 11 is 0. The molecule has 2 rings (SSSR count). The van der Waals surface area contributed by atoms with E-state index in [1.54, 1.807) is 0 Å². The molecule has 2 aliphatic rings. The Morgan fingerprint density at radius 1 is 1.43 bits per heavy atom. The molecule has 76 valence electrons. The number of carbonyl (C=O) groups excluding carboxylic acids is 1. The quantitative estimate of drug-likeness (QED) is 0.694. The zero-order chi connectivity index (χ0) is 10.1. The van der Waals surface area contributed by atoms with Gasteiger partial charge >= 0.3 is 5.97 Å². The van der Waals surface area contributed by atoms with E-state index in [1.807, 2.05) is 0 Å². The molecule has 1 saturated carbocycles. The number of carboxylic acids is 1. The van der Waals surface area contributed by atoms with E-state index in [9.17, 15) is 9.59 Å². The highest BCUT2D eigenvalue weighted by molar-refractivity contribution is 5.85. The summed E-state index contributed by atoms with van der Waals surface area (Å²) in [5.41, 5.74) is 1.43. The summed E-state index contributed by atoms with van der Waals surface area (Å²) in [5.74, 6) is -0.157. The van der Waals surface area contributed by atoms with E-state index in [1.165, 1.54) is 5.57 Å². The van der Waals surface area contributed by atoms with Gasteiger partial charge in [0, 0.05) is 12.3 Å². The molecule has 1 fully saturated rings. The van der Waals surface area contributed by atoms with Gasteiger partial charge in [0.25, 0.3) is 0 Å². The number of hydrogen-bond acceptors (Lipinski definition) is 2. The first-order valence-electron chi connectivity index (χ1n) is 5.12. The molecule has 0 aliphatic heterocycles. The summed E-state index contributed by atoms with van der Waals surface area (Å²) in [7, 11) is 0. The summed E-state index contributed by atoms with van der Waals surface area (Å²) < 4.78 is 0. The molecule has 2 unspecified atom stereocenters. The minimum atomic E-state index is -0.877. The fourth-order valence-corrected chi connectivity index (χ4v) is 2.40. The van der Waals surface area contributed by atoms with Crippen molar-refractivity contribution in [3.05, 3.63) is 11.6 Å². The van der Waals surface area contributed by atoms with Crippen molar-refractivity contribution in [2.24, 2.45) is 11.8 Å². The maximum Gasteiger partial charge on any atom is 0.303 e. The lowest BCUT2D eigenvalue weighted by atomic mass is 9.74. The number of rotatable bonds is 4. The van der Waals surface area contributed by atoms with Gasteiger partial charge in [-0.15, -0.1) is 0 Å². The van der Waals surface area contributed by atoms with Crippen molar-refractivity contribution in [1.29, 1.82) is 0 Å². The van der Waals surface area contributed by atoms with Crippen LogP contribution in [-0.4, -0.2) is 16.9 Å². The molecule has 0 spiro atoms. The molecule has 1 N–H and O–H groups in total. The Morgan fingerprint density at radius 2 is 2.21 bits per heavy atom. The van der Waals surface area contributed by atoms with Gasteiger partial charge in [0.1, 0.15) is 5.78 Å². The molecular formula is C11H14O3. The molecule has 0 aromatic rings. The van der Waals surface area contributed by atoms with Crippen LogP contribution in [0, 0.1) is 11.8 Å². The van der Waals surface area contributed by atoms with Gasteiger partial charge in [-0.1, -0.05) is 11.6 Å². The van der Waals surface area contributed by atoms with Crippen LogP contribution in [0.5, 0.6) is 0 Å². The topological polar surface area (TPSA) is 54.4 Å². The molecule has 2 atom stereocenters. The van der Waals surface area contributed by atoms with Gasteiger partial charge in [-0.2, -0.15) is 0 Å². The third-order valence-electron chi connectivity index (χ3n) is 3.34. The minimum absolute atomic E-state index is 0.0165. The van der Waals surface area contributed by atoms with Crippen LogP contribution in [0.15, 0.2) is 11.6 Å². The highest BCUT2D eigenvalue weighted by atomic mass is 16.4. The van der Waals surface area contributed by atoms with Crippen molar-refractivity contribution in [3.8, 4) is 0 Å². The number of aliphatic carboxylic acids is 1. The second-order valence-corrected chi connectivity index (χ2v) is 4.13. The van der Waals surface area contributed by atoms with Crippen molar-refractivity contribution in [2.75, 3.05) is 0 Å². The first-order valence-corrected chi connectivity index (χ1v) is 5.12. The number of hydrogen-bond donors (Lipinski definition) is 1. The van der Waals surface area contributed by atoms with E-state index in [0.29, 0.717) is 5.92 Å². The highest BCUT2D eigenvalue weighted by Gasteiger charge is 2.39. The first kappa shape index (κ1) is 9.44. The second kappa shape index (κ2) is 3.56. The van der Waals surface area contributed by atoms with Crippen LogP contribution >= 0.6 is 0 Å². The van der Waals surface area contributed by atoms with Crippen molar-refractivity contribution >= 4 is 11.8 Å². The van der Waals surface area contributed by atoms with E-state index in [2.05, 4.69) is 6.08 Å². The number of fused-ring (bicyclic) bond motifs is 1. The highest BCUT2D eigenvalue weighted by Crippen LogP contribution is 2.46. The number of Topliss-reactive ketones (excluding diaryl/α,β-unsaturated/α-hetero) is 1. The van der Waals surface area contributed by atoms with E-state index in [-0.39, 0.29) is 24.5 Å². The van der Waals surface area contributed by atoms with Gasteiger partial charge in [-0.25, -0.2) is 0 Å². The van der Waals surface area contributed by atoms with Crippen molar-refractivity contribution in [2.45, 2.75) is 32.1 Å². The zero-order valence-corrected chi connectivity index (χ0v) is 8.03. The second-order valence-electron chi connectivity index (χ2n) is 4.13. The van der Waals surface area contributed by atoms with Crippen molar-refractivity contribution in [1.82, 2.24) is 0 Å². The maximum absolute atomic E-state index is 11.6. The van der Waals surface area contributed by atoms with Gasteiger partial charge in [-0.3, -0.25) is 9.59 Å². The standard InChI is InChI=1S/C11H14O3/c12-10(5-6-11(13)14)9-4-2-7-1-3-8(7)9/h2,8-9H,1,3-6H2,(H,13,14). The average molecular weight is 194 g/mol. The van der Waals surface area contributed by atoms with Gasteiger partial charge in [0.2, 0.25) is 0 Å². The molecule has 0 bridgehead atoms. The molecule has 0 saturated heterocycles. The monoisotopic (exact) mass is 194 g/mol. The summed E-state index contributed by atoms with van der Waals surface area (Å²) in [6.07, 6.45) is 5.47. The Kier molecular flexibility index (Phi) is 2.40. The number of ketones is 1. The van der Waals surface area contributed by atoms with E-state index in [0.717, 1.165) is 19.3 Å². The SMILES string of the molecule is O=C(O)CCC(=O)C1CC=C2CCC21. The van der Waals surface area contributed by atoms with Gasteiger partial charge < -0.3 is 5.11 Å². The minimum Gasteiger partial charge on any atom is -0.481 e. The molecule has 3 heteroatoms. The van der Waals surface area contributed by atoms with Crippen LogP contribution in [0.4, 0.5) is 0 Å². The molecule has 0 aromatic heterocycles. The summed E-state index contributed by atoms with van der Waals surface area (Å²) in [5, 5.41) is 8.47. The van der Waals surface area contributed by atoms with Gasteiger partial charge in [0.15, 0.2) is 0 Å². The Hall–Kier alpha value is -1.12. The fraction of sp³-hybridized carbons (Fsp3) is 0.636. The predicted octanol–water partition coefficient (Wildman–Crippen LogP) is 1.78. The molecule has 0 radical (unpaired) electrons. The smallest absolute Gasteiger partial charge is 0.303 e. The van der Waals surface area contributed by atoms with Crippen molar-refractivity contribution in [3.63, 3.8) is 0 Å². The zero-order valence-electron chi connectivity index (χ0n) is 8.03. The molecule has 3 nitrogen and oxygen atoms in total. The number of carbonyl (C=O) groups is 2. The van der Waals surface area contributed by atoms with E-state index < -0.39 is 5.97 Å². The van der Waals surface area contributed by atoms with Gasteiger partial charge in [-0.05, 0) is 25.2 Å². The van der Waals surface area contributed by atoms with Crippen LogP contribution in [0.1, 0.15) is 32.1 Å². The molecular weight excluding hydrogens is 180 g/mol. The summed E-state index contributed by atoms with van der Waals surface area (Å²) in [6.45, 7) is 0. The molecule has 14 heavy (non-hydrogen) atoms. The van der Waals surface area contributed by atoms with Crippen LogP contribution in [-0.2, 0) is 9.59 Å². The first-order chi connectivity index (χ1) is 6.68. The van der Waals surface area contributed by atoms with Crippen LogP contribution in [0.25, 0.3) is 0 Å². The third-order valence-corrected chi connectivity index (χ3v) is 3.34. The lowest BCUT2D eigenvalue weighted by Crippen LogP contribution is -2.26. The Morgan fingerprint density at radius 3 is 2.71 bits per heavy atom. The molecule has 0 amide bonds. The maximum atomic E-state index is 11.6. The summed E-state index contributed by atoms with van der Waals surface area (Å²) in [4.78, 5) is 22.0. The van der Waals surface area contributed by atoms with Crippen LogP contribution in [0.2, 0.25) is 0 Å². The predicted molar refractivity (Wildman–Crippen MR) is 50.8 cm³/mol. The largest absolute Gasteiger partial charge is 0.481 e. The molecule has 2 aliphatic carbocycles. The lowest BCUT2D eigenvalue weighted by molar-refractivity contribution is -0.139. The van der Waals surface area contributed by atoms with E-state index >= 15 is 0 Å². The number of carboxylic acid groups (broad SMARTS) is 1. The molecule has 0 aromatic carbocycles. The van der Waals surface area contributed by atoms with E-state index in [4.69, 9.17) is 5.11 Å². The Labute approximate surface area is 82.8 Å². The Balaban J connectivity index is 1.85. The molecule has 0 heterocycles. The lowest BCUT2D eigenvalue weighted by Gasteiger charge is -2.30. The number of allylic oxidation sites excluding steroid dienone is 2. The van der Waals surface area contributed by atoms with Crippen LogP contribution < -0.4 is 0 Å². The van der Waals surface area contributed by atoms with Crippen molar-refractivity contribution < 1.29 is 14.7 Å². The third kappa shape index (κ3) is 1.59. The summed E-state index contributed by atoms with van der Waals surface area (Å²) in [6, 6.07) is 0.